The smallest absolute Gasteiger partial charge is 0.293 e. The number of rotatable bonds is 9. The summed E-state index contributed by atoms with van der Waals surface area (Å²) in [5, 5.41) is 10.9. The maximum absolute atomic E-state index is 10.9. The summed E-state index contributed by atoms with van der Waals surface area (Å²) in [6, 6.07) is 4.96. The fourth-order valence-electron chi connectivity index (χ4n) is 2.19. The summed E-state index contributed by atoms with van der Waals surface area (Å²) in [6.07, 6.45) is 0. The molecule has 1 aromatic rings. The second kappa shape index (κ2) is 8.56. The fraction of sp³-hybridized carbons (Fsp3) is 0.571. The van der Waals surface area contributed by atoms with Crippen LogP contribution in [0.15, 0.2) is 18.2 Å². The number of nitro benzene ring substituents is 1. The molecule has 0 fully saturated rings. The highest BCUT2D eigenvalue weighted by Gasteiger charge is 2.15. The Morgan fingerprint density at radius 3 is 2.71 bits per heavy atom. The lowest BCUT2D eigenvalue weighted by Gasteiger charge is -2.24. The number of nitrogens with zero attached hydrogens (tertiary/aromatic N) is 2. The first-order valence-electron chi connectivity index (χ1n) is 6.93. The van der Waals surface area contributed by atoms with Crippen molar-refractivity contribution < 1.29 is 9.66 Å². The van der Waals surface area contributed by atoms with Crippen molar-refractivity contribution in [2.24, 2.45) is 11.8 Å². The lowest BCUT2D eigenvalue weighted by molar-refractivity contribution is -0.384. The van der Waals surface area contributed by atoms with Crippen LogP contribution in [-0.4, -0.2) is 36.6 Å². The zero-order chi connectivity index (χ0) is 15.8. The van der Waals surface area contributed by atoms with Gasteiger partial charge in [-0.15, -0.1) is 0 Å². The van der Waals surface area contributed by atoms with Crippen molar-refractivity contribution in [3.05, 3.63) is 33.9 Å². The van der Waals surface area contributed by atoms with Crippen molar-refractivity contribution in [3.63, 3.8) is 0 Å². The number of hydrogen-bond donors (Lipinski definition) is 2. The van der Waals surface area contributed by atoms with E-state index in [9.17, 15) is 10.1 Å². The van der Waals surface area contributed by atoms with E-state index in [0.29, 0.717) is 24.8 Å². The Balaban J connectivity index is 2.85. The Labute approximate surface area is 125 Å². The number of nitro groups is 1. The van der Waals surface area contributed by atoms with Gasteiger partial charge in [0.1, 0.15) is 5.69 Å². The van der Waals surface area contributed by atoms with Crippen molar-refractivity contribution in [1.29, 1.82) is 0 Å². The van der Waals surface area contributed by atoms with E-state index >= 15 is 0 Å². The van der Waals surface area contributed by atoms with Crippen LogP contribution in [0.2, 0.25) is 0 Å². The predicted octanol–water partition coefficient (Wildman–Crippen LogP) is 1.98. The average Bonchev–Trinajstić information content (AvgIpc) is 2.43. The molecule has 7 heteroatoms. The van der Waals surface area contributed by atoms with E-state index in [4.69, 9.17) is 10.6 Å². The summed E-state index contributed by atoms with van der Waals surface area (Å²) in [5.74, 6) is 5.90. The van der Waals surface area contributed by atoms with Crippen LogP contribution in [0, 0.1) is 16.0 Å². The first-order valence-corrected chi connectivity index (χ1v) is 6.93. The molecule has 0 aliphatic carbocycles. The second-order valence-electron chi connectivity index (χ2n) is 5.37. The van der Waals surface area contributed by atoms with Crippen molar-refractivity contribution in [2.75, 3.05) is 32.2 Å². The lowest BCUT2D eigenvalue weighted by Crippen LogP contribution is -2.30. The maximum Gasteiger partial charge on any atom is 0.293 e. The van der Waals surface area contributed by atoms with Gasteiger partial charge in [-0.25, -0.2) is 0 Å². The van der Waals surface area contributed by atoms with E-state index in [1.54, 1.807) is 19.2 Å². The van der Waals surface area contributed by atoms with Gasteiger partial charge in [0, 0.05) is 32.8 Å². The van der Waals surface area contributed by atoms with Gasteiger partial charge in [0.05, 0.1) is 11.5 Å². The van der Waals surface area contributed by atoms with Crippen molar-refractivity contribution in [2.45, 2.75) is 20.4 Å². The highest BCUT2D eigenvalue weighted by atomic mass is 16.6. The second-order valence-corrected chi connectivity index (χ2v) is 5.37. The molecule has 3 N–H and O–H groups in total. The fourth-order valence-corrected chi connectivity index (χ4v) is 2.19. The van der Waals surface area contributed by atoms with E-state index in [1.165, 1.54) is 6.07 Å². The quantitative estimate of drug-likeness (QED) is 0.411. The van der Waals surface area contributed by atoms with Crippen LogP contribution in [0.25, 0.3) is 0 Å². The summed E-state index contributed by atoms with van der Waals surface area (Å²) in [5.41, 5.74) is 3.67. The number of benzene rings is 1. The van der Waals surface area contributed by atoms with Gasteiger partial charge >= 0.3 is 0 Å². The van der Waals surface area contributed by atoms with Crippen LogP contribution in [-0.2, 0) is 11.3 Å². The number of methoxy groups -OCH3 is 1. The van der Waals surface area contributed by atoms with E-state index < -0.39 is 4.92 Å². The Bertz CT molecular complexity index is 466. The minimum Gasteiger partial charge on any atom is -0.383 e. The molecular weight excluding hydrogens is 272 g/mol. The molecule has 0 saturated heterocycles. The molecular formula is C14H24N4O3. The Morgan fingerprint density at radius 2 is 2.19 bits per heavy atom. The van der Waals surface area contributed by atoms with Crippen molar-refractivity contribution in [3.8, 4) is 0 Å². The largest absolute Gasteiger partial charge is 0.383 e. The van der Waals surface area contributed by atoms with Gasteiger partial charge in [-0.2, -0.15) is 0 Å². The summed E-state index contributed by atoms with van der Waals surface area (Å²) in [4.78, 5) is 12.7. The molecule has 1 aromatic carbocycles. The molecule has 0 atom stereocenters. The molecule has 0 amide bonds. The summed E-state index contributed by atoms with van der Waals surface area (Å²) < 4.78 is 5.12. The molecule has 7 nitrogen and oxygen atoms in total. The van der Waals surface area contributed by atoms with Gasteiger partial charge < -0.3 is 10.2 Å². The van der Waals surface area contributed by atoms with Crippen LogP contribution in [0.4, 0.5) is 11.4 Å². The molecule has 118 valence electrons. The average molecular weight is 296 g/mol. The third-order valence-electron chi connectivity index (χ3n) is 3.05. The molecule has 0 radical (unpaired) electrons. The van der Waals surface area contributed by atoms with Gasteiger partial charge in [0.25, 0.3) is 5.69 Å². The number of hydrogen-bond acceptors (Lipinski definition) is 6. The van der Waals surface area contributed by atoms with Gasteiger partial charge in [-0.1, -0.05) is 19.9 Å². The van der Waals surface area contributed by atoms with E-state index in [1.807, 2.05) is 0 Å². The maximum atomic E-state index is 10.9. The van der Waals surface area contributed by atoms with Crippen LogP contribution in [0.1, 0.15) is 19.4 Å². The number of nitrogens with two attached hydrogens (primary N) is 1. The highest BCUT2D eigenvalue weighted by Crippen LogP contribution is 2.25. The minimum atomic E-state index is -0.449. The third-order valence-corrected chi connectivity index (χ3v) is 3.05. The number of nitrogens with one attached hydrogen (secondary N) is 1. The van der Waals surface area contributed by atoms with Crippen LogP contribution in [0.3, 0.4) is 0 Å². The molecule has 0 aliphatic heterocycles. The Morgan fingerprint density at radius 1 is 1.48 bits per heavy atom. The van der Waals surface area contributed by atoms with Crippen LogP contribution >= 0.6 is 0 Å². The third kappa shape index (κ3) is 5.66. The summed E-state index contributed by atoms with van der Waals surface area (Å²) in [7, 11) is 1.68. The summed E-state index contributed by atoms with van der Waals surface area (Å²) >= 11 is 0. The van der Waals surface area contributed by atoms with E-state index in [-0.39, 0.29) is 5.69 Å². The minimum absolute atomic E-state index is 0.0199. The van der Waals surface area contributed by atoms with Gasteiger partial charge in [-0.3, -0.25) is 20.9 Å². The first-order chi connectivity index (χ1) is 9.97. The van der Waals surface area contributed by atoms with E-state index in [2.05, 4.69) is 24.2 Å². The van der Waals surface area contributed by atoms with Crippen LogP contribution in [0.5, 0.6) is 0 Å². The normalized spacial score (nSPS) is 11.1. The molecule has 21 heavy (non-hydrogen) atoms. The number of ether oxygens (including phenoxy) is 1. The van der Waals surface area contributed by atoms with Crippen molar-refractivity contribution >= 4 is 11.4 Å². The molecule has 0 unspecified atom stereocenters. The SMILES string of the molecule is COCCN(Cc1ccc([N+](=O)[O-])c(NN)c1)CC(C)C. The number of nitrogen functional groups attached to an aromatic ring is 1. The number of hydrazine groups is 1. The molecule has 1 rings (SSSR count). The zero-order valence-corrected chi connectivity index (χ0v) is 12.8. The molecule has 0 heterocycles. The first kappa shape index (κ1) is 17.4. The lowest BCUT2D eigenvalue weighted by atomic mass is 10.1. The Hall–Kier alpha value is -1.70. The topological polar surface area (TPSA) is 93.7 Å². The standard InChI is InChI=1S/C14H24N4O3/c1-11(2)9-17(6-7-21-3)10-12-4-5-14(18(19)20)13(8-12)16-15/h4-5,8,11,16H,6-7,9-10,15H2,1-3H3. The Kier molecular flexibility index (Phi) is 7.07. The van der Waals surface area contributed by atoms with Gasteiger partial charge in [0.2, 0.25) is 0 Å². The van der Waals surface area contributed by atoms with E-state index in [0.717, 1.165) is 18.7 Å². The number of anilines is 1. The highest BCUT2D eigenvalue weighted by molar-refractivity contribution is 5.62. The van der Waals surface area contributed by atoms with Gasteiger partial charge in [-0.05, 0) is 17.5 Å². The van der Waals surface area contributed by atoms with Gasteiger partial charge in [0.15, 0.2) is 0 Å². The predicted molar refractivity (Wildman–Crippen MR) is 82.9 cm³/mol. The molecule has 0 bridgehead atoms. The zero-order valence-electron chi connectivity index (χ0n) is 12.8. The monoisotopic (exact) mass is 296 g/mol. The molecule has 0 saturated carbocycles. The molecule has 0 aromatic heterocycles. The molecule has 0 aliphatic rings. The van der Waals surface area contributed by atoms with Crippen LogP contribution < -0.4 is 11.3 Å². The molecule has 0 spiro atoms. The van der Waals surface area contributed by atoms with Crippen molar-refractivity contribution in [1.82, 2.24) is 4.90 Å². The summed E-state index contributed by atoms with van der Waals surface area (Å²) in [6.45, 7) is 7.42.